The normalized spacial score (nSPS) is 12.6. The second kappa shape index (κ2) is 6.02. The first kappa shape index (κ1) is 15.4. The van der Waals surface area contributed by atoms with Gasteiger partial charge in [0.1, 0.15) is 0 Å². The molecule has 1 atom stereocenters. The topological polar surface area (TPSA) is 63.0 Å². The highest BCUT2D eigenvalue weighted by atomic mass is 79.9. The van der Waals surface area contributed by atoms with E-state index in [9.17, 15) is 18.0 Å². The summed E-state index contributed by atoms with van der Waals surface area (Å²) in [5, 5.41) is 8.87. The molecule has 0 aliphatic rings. The molecule has 0 aliphatic heterocycles. The minimum absolute atomic E-state index is 0.0328. The number of carbonyl (C=O) groups is 1. The van der Waals surface area contributed by atoms with Gasteiger partial charge in [0.05, 0.1) is 23.9 Å². The quantitative estimate of drug-likeness (QED) is 0.796. The van der Waals surface area contributed by atoms with E-state index in [1.807, 2.05) is 0 Å². The number of aromatic nitrogens is 1. The maximum Gasteiger partial charge on any atom is 0.418 e. The van der Waals surface area contributed by atoms with Gasteiger partial charge in [-0.2, -0.15) is 18.4 Å². The fourth-order valence-electron chi connectivity index (χ4n) is 1.36. The Morgan fingerprint density at radius 2 is 2.26 bits per heavy atom. The first-order valence-electron chi connectivity index (χ1n) is 5.10. The van der Waals surface area contributed by atoms with E-state index in [-0.39, 0.29) is 11.1 Å². The Bertz CT molecular complexity index is 526. The van der Waals surface area contributed by atoms with Crippen LogP contribution in [0.1, 0.15) is 24.1 Å². The molecule has 8 heteroatoms. The van der Waals surface area contributed by atoms with Crippen LogP contribution in [0.3, 0.4) is 0 Å². The van der Waals surface area contributed by atoms with Crippen molar-refractivity contribution in [3.05, 3.63) is 28.0 Å². The third-order valence-corrected chi connectivity index (χ3v) is 2.55. The summed E-state index contributed by atoms with van der Waals surface area (Å²) in [6, 6.07) is 2.25. The van der Waals surface area contributed by atoms with Crippen molar-refractivity contribution in [1.82, 2.24) is 4.98 Å². The number of ether oxygens (including phenoxy) is 1. The van der Waals surface area contributed by atoms with Crippen molar-refractivity contribution in [2.24, 2.45) is 0 Å². The largest absolute Gasteiger partial charge is 0.465 e. The lowest BCUT2D eigenvalue weighted by atomic mass is 10.0. The van der Waals surface area contributed by atoms with Gasteiger partial charge in [-0.1, -0.05) is 0 Å². The van der Waals surface area contributed by atoms with Crippen LogP contribution in [0.25, 0.3) is 0 Å². The molecule has 0 spiro atoms. The van der Waals surface area contributed by atoms with Crippen LogP contribution >= 0.6 is 15.9 Å². The van der Waals surface area contributed by atoms with Crippen molar-refractivity contribution in [2.45, 2.75) is 19.0 Å². The van der Waals surface area contributed by atoms with Gasteiger partial charge in [0.15, 0.2) is 5.92 Å². The van der Waals surface area contributed by atoms with Crippen molar-refractivity contribution in [3.63, 3.8) is 0 Å². The van der Waals surface area contributed by atoms with Crippen molar-refractivity contribution in [2.75, 3.05) is 6.61 Å². The van der Waals surface area contributed by atoms with Gasteiger partial charge in [0, 0.05) is 10.7 Å². The van der Waals surface area contributed by atoms with E-state index in [0.29, 0.717) is 0 Å². The smallest absolute Gasteiger partial charge is 0.418 e. The molecule has 4 nitrogen and oxygen atoms in total. The monoisotopic (exact) mass is 336 g/mol. The Balaban J connectivity index is 3.33. The van der Waals surface area contributed by atoms with E-state index in [4.69, 9.17) is 5.26 Å². The Morgan fingerprint density at radius 3 is 2.74 bits per heavy atom. The number of esters is 1. The van der Waals surface area contributed by atoms with E-state index in [1.165, 1.54) is 13.0 Å². The molecule has 0 N–H and O–H groups in total. The molecule has 0 fully saturated rings. The average Bonchev–Trinajstić information content (AvgIpc) is 2.31. The molecule has 1 heterocycles. The van der Waals surface area contributed by atoms with Crippen LogP contribution in [0.4, 0.5) is 13.2 Å². The van der Waals surface area contributed by atoms with Crippen molar-refractivity contribution in [1.29, 1.82) is 5.26 Å². The standard InChI is InChI=1S/C11H8BrF3N2O2/c1-2-19-10(18)7(4-16)9-8(11(13,14)15)3-6(12)5-17-9/h3,5,7H,2H2,1H3. The first-order valence-corrected chi connectivity index (χ1v) is 5.89. The van der Waals surface area contributed by atoms with Crippen LogP contribution in [0, 0.1) is 11.3 Å². The lowest BCUT2D eigenvalue weighted by Gasteiger charge is -2.15. The van der Waals surface area contributed by atoms with Crippen molar-refractivity contribution in [3.8, 4) is 6.07 Å². The molecular formula is C11H8BrF3N2O2. The molecule has 1 aromatic heterocycles. The number of hydrogen-bond acceptors (Lipinski definition) is 4. The molecule has 0 aliphatic carbocycles. The van der Waals surface area contributed by atoms with E-state index in [2.05, 4.69) is 25.7 Å². The minimum Gasteiger partial charge on any atom is -0.465 e. The highest BCUT2D eigenvalue weighted by molar-refractivity contribution is 9.10. The number of carbonyl (C=O) groups excluding carboxylic acids is 1. The number of halogens is 4. The molecule has 0 saturated carbocycles. The number of hydrogen-bond donors (Lipinski definition) is 0. The zero-order valence-corrected chi connectivity index (χ0v) is 11.2. The van der Waals surface area contributed by atoms with Crippen LogP contribution in [0.2, 0.25) is 0 Å². The summed E-state index contributed by atoms with van der Waals surface area (Å²) in [5.41, 5.74) is -1.79. The van der Waals surface area contributed by atoms with Gasteiger partial charge >= 0.3 is 12.1 Å². The van der Waals surface area contributed by atoms with Crippen LogP contribution in [0.5, 0.6) is 0 Å². The van der Waals surface area contributed by atoms with E-state index >= 15 is 0 Å². The van der Waals surface area contributed by atoms with E-state index in [0.717, 1.165) is 12.3 Å². The summed E-state index contributed by atoms with van der Waals surface area (Å²) in [5.74, 6) is -2.75. The van der Waals surface area contributed by atoms with Gasteiger partial charge < -0.3 is 4.74 Å². The summed E-state index contributed by atoms with van der Waals surface area (Å²) in [7, 11) is 0. The minimum atomic E-state index is -4.71. The molecule has 0 bridgehead atoms. The molecular weight excluding hydrogens is 329 g/mol. The van der Waals surface area contributed by atoms with Gasteiger partial charge in [0.25, 0.3) is 0 Å². The lowest BCUT2D eigenvalue weighted by molar-refractivity contribution is -0.144. The molecule has 1 aromatic rings. The maximum atomic E-state index is 12.9. The van der Waals surface area contributed by atoms with Gasteiger partial charge in [-0.05, 0) is 28.9 Å². The molecule has 0 radical (unpaired) electrons. The number of rotatable bonds is 3. The Labute approximate surface area is 115 Å². The maximum absolute atomic E-state index is 12.9. The molecule has 19 heavy (non-hydrogen) atoms. The lowest BCUT2D eigenvalue weighted by Crippen LogP contribution is -2.20. The third-order valence-electron chi connectivity index (χ3n) is 2.12. The zero-order valence-electron chi connectivity index (χ0n) is 9.66. The van der Waals surface area contributed by atoms with Gasteiger partial charge in [-0.25, -0.2) is 0 Å². The molecule has 0 aromatic carbocycles. The van der Waals surface area contributed by atoms with Gasteiger partial charge in [-0.3, -0.25) is 9.78 Å². The summed E-state index contributed by atoms with van der Waals surface area (Å²) in [6.45, 7) is 1.46. The van der Waals surface area contributed by atoms with Crippen LogP contribution in [0.15, 0.2) is 16.7 Å². The Kier molecular flexibility index (Phi) is 4.89. The number of nitriles is 1. The van der Waals surface area contributed by atoms with E-state index < -0.39 is 29.3 Å². The Morgan fingerprint density at radius 1 is 1.63 bits per heavy atom. The van der Waals surface area contributed by atoms with Crippen molar-refractivity contribution < 1.29 is 22.7 Å². The second-order valence-electron chi connectivity index (χ2n) is 3.40. The third kappa shape index (κ3) is 3.67. The van der Waals surface area contributed by atoms with Crippen LogP contribution in [-0.2, 0) is 15.7 Å². The molecule has 1 unspecified atom stereocenters. The first-order chi connectivity index (χ1) is 8.81. The number of nitrogens with zero attached hydrogens (tertiary/aromatic N) is 2. The molecule has 1 rings (SSSR count). The van der Waals surface area contributed by atoms with Crippen molar-refractivity contribution >= 4 is 21.9 Å². The SMILES string of the molecule is CCOC(=O)C(C#N)c1ncc(Br)cc1C(F)(F)F. The fraction of sp³-hybridized carbons (Fsp3) is 0.364. The highest BCUT2D eigenvalue weighted by Gasteiger charge is 2.39. The zero-order chi connectivity index (χ0) is 14.6. The van der Waals surface area contributed by atoms with Gasteiger partial charge in [-0.15, -0.1) is 0 Å². The predicted octanol–water partition coefficient (Wildman–Crippen LogP) is 3.03. The average molecular weight is 337 g/mol. The predicted molar refractivity (Wildman–Crippen MR) is 61.9 cm³/mol. The second-order valence-corrected chi connectivity index (χ2v) is 4.31. The van der Waals surface area contributed by atoms with Gasteiger partial charge in [0.2, 0.25) is 0 Å². The summed E-state index contributed by atoms with van der Waals surface area (Å²) in [4.78, 5) is 15.0. The highest BCUT2D eigenvalue weighted by Crippen LogP contribution is 2.35. The van der Waals surface area contributed by atoms with Crippen LogP contribution < -0.4 is 0 Å². The summed E-state index contributed by atoms with van der Waals surface area (Å²) in [6.07, 6.45) is -3.62. The molecule has 0 amide bonds. The Hall–Kier alpha value is -1.62. The summed E-state index contributed by atoms with van der Waals surface area (Å²) < 4.78 is 43.2. The molecule has 102 valence electrons. The fourth-order valence-corrected chi connectivity index (χ4v) is 1.69. The summed E-state index contributed by atoms with van der Waals surface area (Å²) >= 11 is 2.87. The number of pyridine rings is 1. The van der Waals surface area contributed by atoms with Crippen LogP contribution in [-0.4, -0.2) is 17.6 Å². The number of alkyl halides is 3. The molecule has 0 saturated heterocycles. The van der Waals surface area contributed by atoms with E-state index in [1.54, 1.807) is 0 Å².